The summed E-state index contributed by atoms with van der Waals surface area (Å²) in [5.41, 5.74) is 0.359. The minimum Gasteiger partial charge on any atom is -0.481 e. The molecule has 148 valence electrons. The number of halogens is 2. The standard InChI is InChI=1S/C22H23F2NO3/c23-16-11-15(18-3-1-4-19(25-18)28-13-14-6-7-14)12-17(24)21(16)22(9-10-22)8-2-5-20(26)27/h1,3-4,11-12,14H,2,5-10,13H2,(H,26,27). The van der Waals surface area contributed by atoms with Gasteiger partial charge in [0, 0.05) is 29.0 Å². The van der Waals surface area contributed by atoms with E-state index < -0.39 is 23.0 Å². The molecule has 0 radical (unpaired) electrons. The second-order valence-electron chi connectivity index (χ2n) is 7.96. The zero-order chi connectivity index (χ0) is 19.7. The molecular weight excluding hydrogens is 364 g/mol. The molecule has 2 saturated carbocycles. The van der Waals surface area contributed by atoms with Crippen molar-refractivity contribution < 1.29 is 23.4 Å². The van der Waals surface area contributed by atoms with Crippen LogP contribution in [0.1, 0.15) is 50.5 Å². The van der Waals surface area contributed by atoms with E-state index in [9.17, 15) is 13.6 Å². The van der Waals surface area contributed by atoms with Crippen LogP contribution >= 0.6 is 0 Å². The smallest absolute Gasteiger partial charge is 0.303 e. The molecule has 1 heterocycles. The summed E-state index contributed by atoms with van der Waals surface area (Å²) in [5.74, 6) is -1.01. The Morgan fingerprint density at radius 2 is 1.93 bits per heavy atom. The van der Waals surface area contributed by atoms with Crippen LogP contribution in [-0.2, 0) is 10.2 Å². The Kier molecular flexibility index (Phi) is 5.04. The molecule has 2 aliphatic carbocycles. The molecule has 0 aliphatic heterocycles. The first kappa shape index (κ1) is 18.8. The van der Waals surface area contributed by atoms with Gasteiger partial charge in [0.2, 0.25) is 5.88 Å². The first-order chi connectivity index (χ1) is 13.5. The van der Waals surface area contributed by atoms with Crippen LogP contribution in [0.25, 0.3) is 11.3 Å². The first-order valence-electron chi connectivity index (χ1n) is 9.78. The molecule has 2 aliphatic rings. The molecule has 6 heteroatoms. The number of nitrogens with zero attached hydrogens (tertiary/aromatic N) is 1. The topological polar surface area (TPSA) is 59.4 Å². The van der Waals surface area contributed by atoms with Crippen LogP contribution in [0, 0.1) is 17.6 Å². The summed E-state index contributed by atoms with van der Waals surface area (Å²) in [5, 5.41) is 8.80. The number of carboxylic acid groups (broad SMARTS) is 1. The Labute approximate surface area is 162 Å². The van der Waals surface area contributed by atoms with E-state index in [2.05, 4.69) is 4.98 Å². The van der Waals surface area contributed by atoms with Gasteiger partial charge in [0.05, 0.1) is 12.3 Å². The molecule has 0 unspecified atom stereocenters. The number of hydrogen-bond acceptors (Lipinski definition) is 3. The van der Waals surface area contributed by atoms with Gasteiger partial charge in [-0.05, 0) is 62.6 Å². The van der Waals surface area contributed by atoms with E-state index in [0.717, 1.165) is 0 Å². The minimum absolute atomic E-state index is 0.0145. The molecule has 2 aromatic rings. The molecule has 0 amide bonds. The molecular formula is C22H23F2NO3. The third-order valence-electron chi connectivity index (χ3n) is 5.66. The quantitative estimate of drug-likeness (QED) is 0.650. The van der Waals surface area contributed by atoms with Crippen LogP contribution < -0.4 is 4.74 Å². The fourth-order valence-corrected chi connectivity index (χ4v) is 3.73. The predicted octanol–water partition coefficient (Wildman–Crippen LogP) is 5.10. The molecule has 1 aromatic carbocycles. The monoisotopic (exact) mass is 387 g/mol. The summed E-state index contributed by atoms with van der Waals surface area (Å²) in [6, 6.07) is 7.86. The highest BCUT2D eigenvalue weighted by atomic mass is 19.1. The van der Waals surface area contributed by atoms with Crippen molar-refractivity contribution in [1.82, 2.24) is 4.98 Å². The van der Waals surface area contributed by atoms with Crippen LogP contribution in [0.5, 0.6) is 5.88 Å². The van der Waals surface area contributed by atoms with E-state index in [0.29, 0.717) is 55.3 Å². The molecule has 1 N–H and O–H groups in total. The summed E-state index contributed by atoms with van der Waals surface area (Å²) in [4.78, 5) is 15.1. The maximum absolute atomic E-state index is 14.9. The zero-order valence-corrected chi connectivity index (χ0v) is 15.6. The number of hydrogen-bond donors (Lipinski definition) is 1. The van der Waals surface area contributed by atoms with Crippen molar-refractivity contribution in [2.24, 2.45) is 5.92 Å². The molecule has 28 heavy (non-hydrogen) atoms. The van der Waals surface area contributed by atoms with Crippen molar-refractivity contribution >= 4 is 5.97 Å². The fraction of sp³-hybridized carbons (Fsp3) is 0.455. The summed E-state index contributed by atoms with van der Waals surface area (Å²) in [6.45, 7) is 0.622. The lowest BCUT2D eigenvalue weighted by molar-refractivity contribution is -0.137. The third-order valence-corrected chi connectivity index (χ3v) is 5.66. The lowest BCUT2D eigenvalue weighted by atomic mass is 9.88. The number of aliphatic carboxylic acids is 1. The highest BCUT2D eigenvalue weighted by Crippen LogP contribution is 2.54. The highest BCUT2D eigenvalue weighted by Gasteiger charge is 2.47. The van der Waals surface area contributed by atoms with Gasteiger partial charge in [-0.25, -0.2) is 13.8 Å². The number of rotatable bonds is 9. The van der Waals surface area contributed by atoms with Gasteiger partial charge in [0.15, 0.2) is 0 Å². The molecule has 1 aromatic heterocycles. The number of pyridine rings is 1. The van der Waals surface area contributed by atoms with Gasteiger partial charge in [-0.1, -0.05) is 6.07 Å². The number of aromatic nitrogens is 1. The van der Waals surface area contributed by atoms with Gasteiger partial charge < -0.3 is 9.84 Å². The van der Waals surface area contributed by atoms with Gasteiger partial charge in [-0.2, -0.15) is 0 Å². The van der Waals surface area contributed by atoms with E-state index in [1.165, 1.54) is 25.0 Å². The van der Waals surface area contributed by atoms with E-state index >= 15 is 0 Å². The van der Waals surface area contributed by atoms with Gasteiger partial charge in [-0.3, -0.25) is 4.79 Å². The van der Waals surface area contributed by atoms with Crippen LogP contribution in [0.4, 0.5) is 8.78 Å². The molecule has 4 rings (SSSR count). The molecule has 0 bridgehead atoms. The normalized spacial score (nSPS) is 17.4. The Morgan fingerprint density at radius 3 is 2.54 bits per heavy atom. The van der Waals surface area contributed by atoms with Crippen molar-refractivity contribution in [2.75, 3.05) is 6.61 Å². The van der Waals surface area contributed by atoms with Gasteiger partial charge in [0.25, 0.3) is 0 Å². The largest absolute Gasteiger partial charge is 0.481 e. The molecule has 4 nitrogen and oxygen atoms in total. The number of carboxylic acids is 1. The molecule has 0 atom stereocenters. The van der Waals surface area contributed by atoms with E-state index in [4.69, 9.17) is 9.84 Å². The lowest BCUT2D eigenvalue weighted by Gasteiger charge is -2.18. The summed E-state index contributed by atoms with van der Waals surface area (Å²) < 4.78 is 35.4. The zero-order valence-electron chi connectivity index (χ0n) is 15.6. The maximum Gasteiger partial charge on any atom is 0.303 e. The Hall–Kier alpha value is -2.50. The second-order valence-corrected chi connectivity index (χ2v) is 7.96. The van der Waals surface area contributed by atoms with Gasteiger partial charge >= 0.3 is 5.97 Å². The van der Waals surface area contributed by atoms with Crippen molar-refractivity contribution in [1.29, 1.82) is 0 Å². The first-order valence-corrected chi connectivity index (χ1v) is 9.78. The summed E-state index contributed by atoms with van der Waals surface area (Å²) in [7, 11) is 0. The van der Waals surface area contributed by atoms with Crippen LogP contribution in [0.15, 0.2) is 30.3 Å². The van der Waals surface area contributed by atoms with E-state index in [1.807, 2.05) is 0 Å². The maximum atomic E-state index is 14.9. The number of benzene rings is 1. The molecule has 0 spiro atoms. The van der Waals surface area contributed by atoms with Gasteiger partial charge in [-0.15, -0.1) is 0 Å². The van der Waals surface area contributed by atoms with E-state index in [-0.39, 0.29) is 12.0 Å². The average Bonchev–Trinajstić information content (AvgIpc) is 3.56. The van der Waals surface area contributed by atoms with Crippen molar-refractivity contribution in [3.63, 3.8) is 0 Å². The average molecular weight is 387 g/mol. The van der Waals surface area contributed by atoms with Crippen LogP contribution in [0.3, 0.4) is 0 Å². The fourth-order valence-electron chi connectivity index (χ4n) is 3.73. The Bertz CT molecular complexity index is 868. The van der Waals surface area contributed by atoms with Crippen LogP contribution in [-0.4, -0.2) is 22.7 Å². The number of carbonyl (C=O) groups is 1. The molecule has 0 saturated heterocycles. The highest BCUT2D eigenvalue weighted by molar-refractivity contribution is 5.66. The Morgan fingerprint density at radius 1 is 1.21 bits per heavy atom. The number of ether oxygens (including phenoxy) is 1. The van der Waals surface area contributed by atoms with Crippen LogP contribution in [0.2, 0.25) is 0 Å². The predicted molar refractivity (Wildman–Crippen MR) is 100 cm³/mol. The minimum atomic E-state index is -0.887. The Balaban J connectivity index is 1.54. The van der Waals surface area contributed by atoms with Crippen molar-refractivity contribution in [2.45, 2.75) is 50.4 Å². The summed E-state index contributed by atoms with van der Waals surface area (Å²) >= 11 is 0. The van der Waals surface area contributed by atoms with Crippen molar-refractivity contribution in [3.8, 4) is 17.1 Å². The SMILES string of the molecule is O=C(O)CCCC1(c2c(F)cc(-c3cccc(OCC4CC4)n3)cc2F)CC1. The van der Waals surface area contributed by atoms with E-state index in [1.54, 1.807) is 18.2 Å². The van der Waals surface area contributed by atoms with Gasteiger partial charge in [0.1, 0.15) is 11.6 Å². The second kappa shape index (κ2) is 7.49. The summed E-state index contributed by atoms with van der Waals surface area (Å²) in [6.07, 6.45) is 4.62. The third kappa shape index (κ3) is 4.16. The molecule has 2 fully saturated rings. The van der Waals surface area contributed by atoms with Crippen molar-refractivity contribution in [3.05, 3.63) is 47.5 Å². The lowest BCUT2D eigenvalue weighted by Crippen LogP contribution is -2.13.